The lowest BCUT2D eigenvalue weighted by Gasteiger charge is -2.45. The number of carbonyl (C=O) groups is 3. The molecule has 3 aliphatic carbocycles. The lowest BCUT2D eigenvalue weighted by molar-refractivity contribution is -0.135. The molecule has 7 nitrogen and oxygen atoms in total. The van der Waals surface area contributed by atoms with Crippen molar-refractivity contribution in [3.8, 4) is 0 Å². The van der Waals surface area contributed by atoms with Crippen molar-refractivity contribution < 1.29 is 14.4 Å². The minimum Gasteiger partial charge on any atom is -0.351 e. The van der Waals surface area contributed by atoms with Gasteiger partial charge in [-0.25, -0.2) is 4.79 Å². The molecule has 0 aromatic rings. The molecule has 0 aromatic heterocycles. The Balaban J connectivity index is 1.39. The van der Waals surface area contributed by atoms with Gasteiger partial charge in [-0.15, -0.1) is 0 Å². The molecule has 4 aliphatic rings. The Kier molecular flexibility index (Phi) is 4.02. The highest BCUT2D eigenvalue weighted by Gasteiger charge is 2.56. The van der Waals surface area contributed by atoms with Gasteiger partial charge in [-0.2, -0.15) is 0 Å². The summed E-state index contributed by atoms with van der Waals surface area (Å²) >= 11 is 0. The standard InChI is InChI=1S/C18H28N4O3/c1-18(12-5-6-12)16(24)22(17(25)21-18)9-14(23)20-15-10-3-2-4-11(15)8-13(19)7-10/h10-13,15H,2-9,19H2,1H3,(H,20,23)(H,21,25). The molecule has 7 heteroatoms. The van der Waals surface area contributed by atoms with Gasteiger partial charge in [-0.1, -0.05) is 6.42 Å². The lowest BCUT2D eigenvalue weighted by Crippen LogP contribution is -2.55. The van der Waals surface area contributed by atoms with Crippen LogP contribution in [0.15, 0.2) is 0 Å². The molecule has 4 fully saturated rings. The van der Waals surface area contributed by atoms with Gasteiger partial charge in [-0.05, 0) is 63.2 Å². The van der Waals surface area contributed by atoms with Gasteiger partial charge in [0.15, 0.2) is 0 Å². The zero-order valence-electron chi connectivity index (χ0n) is 14.8. The maximum atomic E-state index is 12.6. The van der Waals surface area contributed by atoms with Gasteiger partial charge in [0, 0.05) is 12.1 Å². The summed E-state index contributed by atoms with van der Waals surface area (Å²) in [6, 6.07) is -0.0781. The van der Waals surface area contributed by atoms with Crippen LogP contribution >= 0.6 is 0 Å². The third kappa shape index (κ3) is 2.92. The molecule has 3 saturated carbocycles. The van der Waals surface area contributed by atoms with Crippen LogP contribution in [0.2, 0.25) is 0 Å². The number of imide groups is 1. The highest BCUT2D eigenvalue weighted by molar-refractivity contribution is 6.09. The summed E-state index contributed by atoms with van der Waals surface area (Å²) in [6.45, 7) is 1.59. The van der Waals surface area contributed by atoms with Crippen LogP contribution in [0.5, 0.6) is 0 Å². The van der Waals surface area contributed by atoms with Crippen LogP contribution in [-0.2, 0) is 9.59 Å². The number of hydrogen-bond donors (Lipinski definition) is 3. The maximum Gasteiger partial charge on any atom is 0.325 e. The van der Waals surface area contributed by atoms with Crippen molar-refractivity contribution in [2.75, 3.05) is 6.54 Å². The molecule has 1 heterocycles. The van der Waals surface area contributed by atoms with Gasteiger partial charge in [0.25, 0.3) is 5.91 Å². The summed E-state index contributed by atoms with van der Waals surface area (Å²) in [4.78, 5) is 38.5. The number of fused-ring (bicyclic) bond motifs is 2. The fourth-order valence-electron chi connectivity index (χ4n) is 5.20. The molecule has 1 saturated heterocycles. The molecule has 2 bridgehead atoms. The first-order chi connectivity index (χ1) is 11.9. The van der Waals surface area contributed by atoms with Crippen molar-refractivity contribution in [3.05, 3.63) is 0 Å². The molecule has 0 spiro atoms. The number of carbonyl (C=O) groups excluding carboxylic acids is 3. The fraction of sp³-hybridized carbons (Fsp3) is 0.833. The van der Waals surface area contributed by atoms with E-state index in [2.05, 4.69) is 10.6 Å². The molecule has 3 unspecified atom stereocenters. The molecule has 138 valence electrons. The maximum absolute atomic E-state index is 12.6. The van der Waals surface area contributed by atoms with Crippen molar-refractivity contribution in [3.63, 3.8) is 0 Å². The van der Waals surface area contributed by atoms with E-state index in [9.17, 15) is 14.4 Å². The Morgan fingerprint density at radius 2 is 1.88 bits per heavy atom. The lowest BCUT2D eigenvalue weighted by atomic mass is 9.67. The largest absolute Gasteiger partial charge is 0.351 e. The van der Waals surface area contributed by atoms with Gasteiger partial charge in [0.05, 0.1) is 0 Å². The molecule has 4 amide bonds. The van der Waals surface area contributed by atoms with E-state index in [0.717, 1.165) is 43.4 Å². The van der Waals surface area contributed by atoms with E-state index in [1.54, 1.807) is 6.92 Å². The average molecular weight is 348 g/mol. The monoisotopic (exact) mass is 348 g/mol. The number of urea groups is 1. The highest BCUT2D eigenvalue weighted by Crippen LogP contribution is 2.43. The zero-order valence-corrected chi connectivity index (χ0v) is 14.8. The van der Waals surface area contributed by atoms with Crippen LogP contribution in [-0.4, -0.2) is 46.9 Å². The first-order valence-corrected chi connectivity index (χ1v) is 9.57. The van der Waals surface area contributed by atoms with Crippen LogP contribution in [0.3, 0.4) is 0 Å². The van der Waals surface area contributed by atoms with Gasteiger partial charge >= 0.3 is 6.03 Å². The third-order valence-corrected chi connectivity index (χ3v) is 6.70. The van der Waals surface area contributed by atoms with E-state index in [1.165, 1.54) is 6.42 Å². The van der Waals surface area contributed by atoms with Crippen molar-refractivity contribution in [1.82, 2.24) is 15.5 Å². The molecule has 1 aliphatic heterocycles. The van der Waals surface area contributed by atoms with E-state index in [1.807, 2.05) is 0 Å². The summed E-state index contributed by atoms with van der Waals surface area (Å²) in [7, 11) is 0. The van der Waals surface area contributed by atoms with E-state index in [4.69, 9.17) is 5.73 Å². The second kappa shape index (κ2) is 5.97. The number of rotatable bonds is 4. The number of nitrogens with two attached hydrogens (primary N) is 1. The number of hydrogen-bond acceptors (Lipinski definition) is 4. The van der Waals surface area contributed by atoms with Crippen LogP contribution in [0.1, 0.15) is 51.9 Å². The Morgan fingerprint density at radius 3 is 2.48 bits per heavy atom. The minimum absolute atomic E-state index is 0.136. The highest BCUT2D eigenvalue weighted by atomic mass is 16.2. The predicted octanol–water partition coefficient (Wildman–Crippen LogP) is 0.729. The quantitative estimate of drug-likeness (QED) is 0.651. The smallest absolute Gasteiger partial charge is 0.325 e. The summed E-state index contributed by atoms with van der Waals surface area (Å²) in [6.07, 6.45) is 7.19. The van der Waals surface area contributed by atoms with Gasteiger partial charge < -0.3 is 16.4 Å². The van der Waals surface area contributed by atoms with E-state index in [-0.39, 0.29) is 36.4 Å². The summed E-state index contributed by atoms with van der Waals surface area (Å²) in [5.74, 6) is 0.552. The Labute approximate surface area is 148 Å². The molecular formula is C18H28N4O3. The number of nitrogens with zero attached hydrogens (tertiary/aromatic N) is 1. The van der Waals surface area contributed by atoms with Gasteiger partial charge in [-0.3, -0.25) is 14.5 Å². The van der Waals surface area contributed by atoms with Crippen molar-refractivity contribution in [1.29, 1.82) is 0 Å². The fourth-order valence-corrected chi connectivity index (χ4v) is 5.20. The van der Waals surface area contributed by atoms with E-state index >= 15 is 0 Å². The molecule has 0 aromatic carbocycles. The van der Waals surface area contributed by atoms with Crippen LogP contribution in [0.25, 0.3) is 0 Å². The van der Waals surface area contributed by atoms with Crippen molar-refractivity contribution >= 4 is 17.8 Å². The van der Waals surface area contributed by atoms with E-state index in [0.29, 0.717) is 11.8 Å². The summed E-state index contributed by atoms with van der Waals surface area (Å²) < 4.78 is 0. The molecule has 4 rings (SSSR count). The molecule has 3 atom stereocenters. The second-order valence-corrected chi connectivity index (χ2v) is 8.57. The molecular weight excluding hydrogens is 320 g/mol. The zero-order chi connectivity index (χ0) is 17.8. The van der Waals surface area contributed by atoms with Crippen molar-refractivity contribution in [2.45, 2.75) is 69.5 Å². The number of nitrogens with one attached hydrogen (secondary N) is 2. The normalized spacial score (nSPS) is 40.8. The Bertz CT molecular complexity index is 591. The molecule has 4 N–H and O–H groups in total. The van der Waals surface area contributed by atoms with Crippen LogP contribution in [0, 0.1) is 17.8 Å². The first kappa shape index (κ1) is 16.8. The third-order valence-electron chi connectivity index (χ3n) is 6.70. The van der Waals surface area contributed by atoms with E-state index < -0.39 is 11.6 Å². The van der Waals surface area contributed by atoms with Crippen LogP contribution < -0.4 is 16.4 Å². The Morgan fingerprint density at radius 1 is 1.24 bits per heavy atom. The average Bonchev–Trinajstić information content (AvgIpc) is 3.35. The molecule has 0 radical (unpaired) electrons. The summed E-state index contributed by atoms with van der Waals surface area (Å²) in [5, 5.41) is 5.90. The van der Waals surface area contributed by atoms with Crippen LogP contribution in [0.4, 0.5) is 4.79 Å². The summed E-state index contributed by atoms with van der Waals surface area (Å²) in [5.41, 5.74) is 5.30. The van der Waals surface area contributed by atoms with Gasteiger partial charge in [0.1, 0.15) is 12.1 Å². The SMILES string of the molecule is CC1(C2CC2)NC(=O)N(CC(=O)NC2C3CCCC2CC(N)C3)C1=O. The topological polar surface area (TPSA) is 105 Å². The van der Waals surface area contributed by atoms with Crippen molar-refractivity contribution in [2.24, 2.45) is 23.5 Å². The minimum atomic E-state index is -0.828. The predicted molar refractivity (Wildman–Crippen MR) is 91.3 cm³/mol. The first-order valence-electron chi connectivity index (χ1n) is 9.57. The number of amides is 4. The molecule has 25 heavy (non-hydrogen) atoms. The second-order valence-electron chi connectivity index (χ2n) is 8.57. The van der Waals surface area contributed by atoms with Gasteiger partial charge in [0.2, 0.25) is 5.91 Å². The Hall–Kier alpha value is -1.63.